The lowest BCUT2D eigenvalue weighted by atomic mass is 10.1. The third-order valence-corrected chi connectivity index (χ3v) is 5.81. The number of benzene rings is 3. The summed E-state index contributed by atoms with van der Waals surface area (Å²) in [6.07, 6.45) is 0. The molecule has 0 saturated heterocycles. The zero-order valence-corrected chi connectivity index (χ0v) is 18.2. The summed E-state index contributed by atoms with van der Waals surface area (Å²) in [7, 11) is 0. The molecule has 0 spiro atoms. The van der Waals surface area contributed by atoms with Gasteiger partial charge in [0.25, 0.3) is 11.5 Å². The van der Waals surface area contributed by atoms with E-state index in [0.29, 0.717) is 45.9 Å². The Morgan fingerprint density at radius 1 is 1.09 bits per heavy atom. The number of aryl methyl sites for hydroxylation is 1. The molecule has 5 aromatic rings. The van der Waals surface area contributed by atoms with Crippen molar-refractivity contribution in [3.63, 3.8) is 0 Å². The highest BCUT2D eigenvalue weighted by Gasteiger charge is 2.17. The number of hydrogen-bond donors (Lipinski definition) is 2. The van der Waals surface area contributed by atoms with Gasteiger partial charge in [-0.3, -0.25) is 9.59 Å². The van der Waals surface area contributed by atoms with Crippen LogP contribution in [0.3, 0.4) is 0 Å². The van der Waals surface area contributed by atoms with E-state index in [9.17, 15) is 9.59 Å². The molecule has 0 aliphatic carbocycles. The van der Waals surface area contributed by atoms with Crippen LogP contribution in [0.1, 0.15) is 21.5 Å². The quantitative estimate of drug-likeness (QED) is 0.432. The Bertz CT molecular complexity index is 1650. The van der Waals surface area contributed by atoms with Gasteiger partial charge in [0, 0.05) is 17.7 Å². The van der Waals surface area contributed by atoms with E-state index in [0.717, 1.165) is 16.7 Å². The first-order valence-electron chi connectivity index (χ1n) is 10.7. The van der Waals surface area contributed by atoms with E-state index in [1.165, 1.54) is 0 Å². The van der Waals surface area contributed by atoms with Crippen LogP contribution in [0, 0.1) is 6.92 Å². The zero-order chi connectivity index (χ0) is 23.2. The Kier molecular flexibility index (Phi) is 4.54. The van der Waals surface area contributed by atoms with Crippen LogP contribution in [-0.2, 0) is 6.54 Å². The number of fused-ring (bicyclic) bond motifs is 4. The summed E-state index contributed by atoms with van der Waals surface area (Å²) >= 11 is 0. The number of hydrogen-bond acceptors (Lipinski definition) is 6. The molecule has 0 unspecified atom stereocenters. The number of ether oxygens (including phenoxy) is 2. The Hall–Kier alpha value is -4.66. The highest BCUT2D eigenvalue weighted by Crippen LogP contribution is 2.32. The molecule has 34 heavy (non-hydrogen) atoms. The van der Waals surface area contributed by atoms with Crippen molar-refractivity contribution in [3.05, 3.63) is 87.7 Å². The molecule has 6 rings (SSSR count). The second kappa shape index (κ2) is 7.73. The predicted octanol–water partition coefficient (Wildman–Crippen LogP) is 3.20. The monoisotopic (exact) mass is 453 g/mol. The molecule has 3 aromatic carbocycles. The molecule has 0 saturated carbocycles. The van der Waals surface area contributed by atoms with Crippen LogP contribution in [0.5, 0.6) is 11.5 Å². The minimum atomic E-state index is -0.377. The Labute approximate surface area is 192 Å². The highest BCUT2D eigenvalue weighted by molar-refractivity contribution is 5.98. The van der Waals surface area contributed by atoms with Crippen LogP contribution in [0.4, 0.5) is 0 Å². The first-order valence-corrected chi connectivity index (χ1v) is 10.7. The van der Waals surface area contributed by atoms with Gasteiger partial charge in [-0.15, -0.1) is 0 Å². The number of aromatic nitrogens is 4. The molecule has 168 valence electrons. The van der Waals surface area contributed by atoms with Gasteiger partial charge in [-0.1, -0.05) is 29.8 Å². The van der Waals surface area contributed by atoms with Gasteiger partial charge in [-0.2, -0.15) is 10.1 Å². The van der Waals surface area contributed by atoms with E-state index in [-0.39, 0.29) is 18.3 Å². The number of nitrogens with one attached hydrogen (secondary N) is 2. The van der Waals surface area contributed by atoms with Gasteiger partial charge in [-0.25, -0.2) is 9.73 Å². The normalized spacial score (nSPS) is 12.4. The van der Waals surface area contributed by atoms with Crippen LogP contribution in [0.25, 0.3) is 27.8 Å². The van der Waals surface area contributed by atoms with Crippen molar-refractivity contribution in [1.29, 1.82) is 0 Å². The van der Waals surface area contributed by atoms with Crippen LogP contribution >= 0.6 is 0 Å². The average molecular weight is 453 g/mol. The number of H-pyrrole nitrogens is 1. The first kappa shape index (κ1) is 20.0. The molecule has 9 nitrogen and oxygen atoms in total. The summed E-state index contributed by atoms with van der Waals surface area (Å²) in [5, 5.41) is 10.6. The van der Waals surface area contributed by atoms with Gasteiger partial charge in [0.1, 0.15) is 5.69 Å². The summed E-state index contributed by atoms with van der Waals surface area (Å²) in [4.78, 5) is 29.9. The van der Waals surface area contributed by atoms with Crippen molar-refractivity contribution in [2.75, 3.05) is 6.79 Å². The van der Waals surface area contributed by atoms with Crippen molar-refractivity contribution >= 4 is 22.5 Å². The van der Waals surface area contributed by atoms with Gasteiger partial charge >= 0.3 is 0 Å². The van der Waals surface area contributed by atoms with Gasteiger partial charge in [-0.05, 0) is 48.9 Å². The molecule has 2 N–H and O–H groups in total. The number of amides is 1. The Morgan fingerprint density at radius 2 is 1.97 bits per heavy atom. The summed E-state index contributed by atoms with van der Waals surface area (Å²) in [6, 6.07) is 18.2. The number of rotatable bonds is 4. The van der Waals surface area contributed by atoms with E-state index in [2.05, 4.69) is 20.6 Å². The smallest absolute Gasteiger partial charge is 0.281 e. The van der Waals surface area contributed by atoms with Crippen molar-refractivity contribution in [2.24, 2.45) is 0 Å². The first-order chi connectivity index (χ1) is 16.6. The van der Waals surface area contributed by atoms with Gasteiger partial charge in [0.05, 0.1) is 10.9 Å². The van der Waals surface area contributed by atoms with Crippen LogP contribution in [0.15, 0.2) is 65.5 Å². The molecular formula is C25H19N5O4. The molecule has 2 aromatic heterocycles. The fourth-order valence-corrected chi connectivity index (χ4v) is 4.09. The molecule has 0 atom stereocenters. The van der Waals surface area contributed by atoms with Crippen LogP contribution in [0.2, 0.25) is 0 Å². The number of carbonyl (C=O) groups excluding carboxylic acids is 1. The summed E-state index contributed by atoms with van der Waals surface area (Å²) in [5.41, 5.74) is 4.35. The third kappa shape index (κ3) is 3.34. The van der Waals surface area contributed by atoms with Gasteiger partial charge in [0.15, 0.2) is 17.1 Å². The molecule has 1 aliphatic heterocycles. The molecule has 3 heterocycles. The molecule has 0 bridgehead atoms. The second-order valence-electron chi connectivity index (χ2n) is 8.11. The molecule has 1 aliphatic rings. The molecule has 1 amide bonds. The fraction of sp³-hybridized carbons (Fsp3) is 0.120. The minimum Gasteiger partial charge on any atom is -0.454 e. The highest BCUT2D eigenvalue weighted by atomic mass is 16.7. The number of nitrogens with zero attached hydrogens (tertiary/aromatic N) is 3. The zero-order valence-electron chi connectivity index (χ0n) is 18.2. The van der Waals surface area contributed by atoms with E-state index in [1.807, 2.05) is 49.4 Å². The standard InChI is InChI=1S/C25H19N5O4/c1-14-3-2-4-16(9-14)22-23-27-25(32)18-7-6-17(11-19(18)30(23)29-28-22)24(31)26-12-15-5-8-20-21(10-15)34-13-33-20/h2-11,29H,12-13H2,1H3,(H,26,31). The lowest BCUT2D eigenvalue weighted by Gasteiger charge is -2.08. The van der Waals surface area contributed by atoms with Crippen molar-refractivity contribution in [1.82, 2.24) is 25.1 Å². The minimum absolute atomic E-state index is 0.199. The van der Waals surface area contributed by atoms with Gasteiger partial charge in [0.2, 0.25) is 6.79 Å². The lowest BCUT2D eigenvalue weighted by molar-refractivity contribution is 0.0951. The van der Waals surface area contributed by atoms with Crippen molar-refractivity contribution in [2.45, 2.75) is 13.5 Å². The van der Waals surface area contributed by atoms with E-state index in [1.54, 1.807) is 22.7 Å². The summed E-state index contributed by atoms with van der Waals surface area (Å²) in [5.74, 6) is 1.09. The number of aromatic amines is 1. The van der Waals surface area contributed by atoms with E-state index in [4.69, 9.17) is 9.47 Å². The van der Waals surface area contributed by atoms with Crippen molar-refractivity contribution < 1.29 is 14.3 Å². The maximum absolute atomic E-state index is 12.9. The average Bonchev–Trinajstić information content (AvgIpc) is 3.49. The number of carbonyl (C=O) groups is 1. The largest absolute Gasteiger partial charge is 0.454 e. The molecule has 9 heteroatoms. The van der Waals surface area contributed by atoms with Gasteiger partial charge < -0.3 is 14.8 Å². The molecule has 0 fully saturated rings. The predicted molar refractivity (Wildman–Crippen MR) is 125 cm³/mol. The third-order valence-electron chi connectivity index (χ3n) is 5.81. The fourth-order valence-electron chi connectivity index (χ4n) is 4.09. The Morgan fingerprint density at radius 3 is 2.85 bits per heavy atom. The Balaban J connectivity index is 1.34. The summed E-state index contributed by atoms with van der Waals surface area (Å²) in [6.45, 7) is 2.51. The van der Waals surface area contributed by atoms with Crippen molar-refractivity contribution in [3.8, 4) is 22.8 Å². The van der Waals surface area contributed by atoms with Crippen LogP contribution in [-0.4, -0.2) is 32.5 Å². The summed E-state index contributed by atoms with van der Waals surface area (Å²) < 4.78 is 12.3. The SMILES string of the molecule is Cc1cccc(-c2n[nH]n3c2nc(=O)c2ccc(C(=O)NCc4ccc5c(c4)OCO5)cc23)c1. The maximum atomic E-state index is 12.9. The molecular weight excluding hydrogens is 434 g/mol. The lowest BCUT2D eigenvalue weighted by Crippen LogP contribution is -2.23. The second-order valence-corrected chi connectivity index (χ2v) is 8.11. The topological polar surface area (TPSA) is 111 Å². The maximum Gasteiger partial charge on any atom is 0.281 e. The van der Waals surface area contributed by atoms with Crippen LogP contribution < -0.4 is 20.3 Å². The van der Waals surface area contributed by atoms with E-state index < -0.39 is 0 Å². The molecule has 0 radical (unpaired) electrons. The van der Waals surface area contributed by atoms with E-state index >= 15 is 0 Å².